The van der Waals surface area contributed by atoms with Gasteiger partial charge in [-0.1, -0.05) is 0 Å². The zero-order valence-electron chi connectivity index (χ0n) is 7.22. The van der Waals surface area contributed by atoms with E-state index in [9.17, 15) is 4.79 Å². The minimum absolute atomic E-state index is 0.242. The Balaban J connectivity index is 3.76. The summed E-state index contributed by atoms with van der Waals surface area (Å²) in [4.78, 5) is 10.9. The minimum Gasteiger partial charge on any atom is -0.355 e. The van der Waals surface area contributed by atoms with E-state index >= 15 is 0 Å². The minimum atomic E-state index is -0.755. The van der Waals surface area contributed by atoms with Crippen LogP contribution >= 0.6 is 0 Å². The molecule has 11 heavy (non-hydrogen) atoms. The lowest BCUT2D eigenvalue weighted by atomic mass is 10.5. The standard InChI is InChI=1S/C7H15NO3/c1-4-10-7(11-5-2)6(9)8-3/h7H,4-5H2,1-3H3,(H,8,9). The van der Waals surface area contributed by atoms with Gasteiger partial charge in [-0.25, -0.2) is 0 Å². The topological polar surface area (TPSA) is 47.6 Å². The predicted octanol–water partition coefficient (Wildman–Crippen LogP) is 0.132. The first kappa shape index (κ1) is 10.4. The lowest BCUT2D eigenvalue weighted by Crippen LogP contribution is -2.36. The molecule has 0 spiro atoms. The van der Waals surface area contributed by atoms with Gasteiger partial charge in [-0.05, 0) is 13.8 Å². The Labute approximate surface area is 66.9 Å². The van der Waals surface area contributed by atoms with Gasteiger partial charge in [0, 0.05) is 20.3 Å². The van der Waals surface area contributed by atoms with E-state index in [2.05, 4.69) is 5.32 Å². The van der Waals surface area contributed by atoms with E-state index < -0.39 is 6.29 Å². The summed E-state index contributed by atoms with van der Waals surface area (Å²) in [6.45, 7) is 4.57. The third kappa shape index (κ3) is 3.95. The van der Waals surface area contributed by atoms with Crippen LogP contribution in [0.4, 0.5) is 0 Å². The van der Waals surface area contributed by atoms with Crippen LogP contribution in [0.25, 0.3) is 0 Å². The fourth-order valence-corrected chi connectivity index (χ4v) is 0.620. The van der Waals surface area contributed by atoms with Crippen molar-refractivity contribution in [2.24, 2.45) is 0 Å². The molecule has 0 aliphatic rings. The molecule has 0 aliphatic carbocycles. The van der Waals surface area contributed by atoms with Crippen LogP contribution in [0.2, 0.25) is 0 Å². The summed E-state index contributed by atoms with van der Waals surface area (Å²) >= 11 is 0. The van der Waals surface area contributed by atoms with Crippen molar-refractivity contribution in [1.82, 2.24) is 5.32 Å². The summed E-state index contributed by atoms with van der Waals surface area (Å²) in [5.41, 5.74) is 0. The Morgan fingerprint density at radius 2 is 1.82 bits per heavy atom. The van der Waals surface area contributed by atoms with Crippen LogP contribution in [-0.2, 0) is 14.3 Å². The monoisotopic (exact) mass is 161 g/mol. The molecule has 0 aromatic heterocycles. The number of carbonyl (C=O) groups excluding carboxylic acids is 1. The Bertz CT molecular complexity index is 110. The number of hydrogen-bond acceptors (Lipinski definition) is 3. The third-order valence-corrected chi connectivity index (χ3v) is 1.10. The van der Waals surface area contributed by atoms with Gasteiger partial charge in [-0.3, -0.25) is 4.79 Å². The van der Waals surface area contributed by atoms with Crippen LogP contribution in [0, 0.1) is 0 Å². The SMILES string of the molecule is CCOC(OCC)C(=O)NC. The molecule has 0 bridgehead atoms. The van der Waals surface area contributed by atoms with Crippen molar-refractivity contribution in [2.45, 2.75) is 20.1 Å². The number of hydrogen-bond donors (Lipinski definition) is 1. The second-order valence-corrected chi connectivity index (χ2v) is 1.86. The third-order valence-electron chi connectivity index (χ3n) is 1.10. The molecule has 0 radical (unpaired) electrons. The summed E-state index contributed by atoms with van der Waals surface area (Å²) in [6.07, 6.45) is -0.755. The average molecular weight is 161 g/mol. The quantitative estimate of drug-likeness (QED) is 0.583. The molecule has 1 amide bonds. The van der Waals surface area contributed by atoms with Crippen LogP contribution in [0.1, 0.15) is 13.8 Å². The second-order valence-electron chi connectivity index (χ2n) is 1.86. The maximum atomic E-state index is 10.9. The largest absolute Gasteiger partial charge is 0.355 e. The van der Waals surface area contributed by atoms with Crippen LogP contribution in [0.3, 0.4) is 0 Å². The van der Waals surface area contributed by atoms with Crippen LogP contribution in [-0.4, -0.2) is 32.5 Å². The van der Waals surface area contributed by atoms with Crippen LogP contribution in [0.5, 0.6) is 0 Å². The molecule has 0 fully saturated rings. The van der Waals surface area contributed by atoms with Crippen molar-refractivity contribution in [3.63, 3.8) is 0 Å². The van der Waals surface area contributed by atoms with Crippen molar-refractivity contribution in [2.75, 3.05) is 20.3 Å². The maximum Gasteiger partial charge on any atom is 0.276 e. The normalized spacial score (nSPS) is 10.2. The molecule has 0 atom stereocenters. The molecule has 4 heteroatoms. The molecule has 0 saturated heterocycles. The first-order valence-corrected chi connectivity index (χ1v) is 3.71. The summed E-state index contributed by atoms with van der Waals surface area (Å²) in [6, 6.07) is 0. The molecule has 66 valence electrons. The molecule has 0 rings (SSSR count). The highest BCUT2D eigenvalue weighted by atomic mass is 16.7. The van der Waals surface area contributed by atoms with Crippen molar-refractivity contribution in [3.05, 3.63) is 0 Å². The molecule has 1 N–H and O–H groups in total. The number of rotatable bonds is 5. The van der Waals surface area contributed by atoms with E-state index in [0.717, 1.165) is 0 Å². The van der Waals surface area contributed by atoms with E-state index in [1.807, 2.05) is 13.8 Å². The highest BCUT2D eigenvalue weighted by Crippen LogP contribution is 1.93. The molecule has 4 nitrogen and oxygen atoms in total. The molecule has 0 aromatic rings. The van der Waals surface area contributed by atoms with Crippen molar-refractivity contribution in [1.29, 1.82) is 0 Å². The maximum absolute atomic E-state index is 10.9. The fourth-order valence-electron chi connectivity index (χ4n) is 0.620. The Hall–Kier alpha value is -0.610. The number of likely N-dealkylation sites (N-methyl/N-ethyl adjacent to an activating group) is 1. The van der Waals surface area contributed by atoms with Gasteiger partial charge in [0.1, 0.15) is 0 Å². The lowest BCUT2D eigenvalue weighted by Gasteiger charge is -2.14. The van der Waals surface area contributed by atoms with E-state index in [1.54, 1.807) is 7.05 Å². The fraction of sp³-hybridized carbons (Fsp3) is 0.857. The predicted molar refractivity (Wildman–Crippen MR) is 41.1 cm³/mol. The average Bonchev–Trinajstić information content (AvgIpc) is 2.03. The van der Waals surface area contributed by atoms with Gasteiger partial charge in [-0.2, -0.15) is 0 Å². The number of ether oxygens (including phenoxy) is 2. The molecule has 0 heterocycles. The highest BCUT2D eigenvalue weighted by molar-refractivity contribution is 5.79. The van der Waals surface area contributed by atoms with Crippen LogP contribution < -0.4 is 5.32 Å². The molecular weight excluding hydrogens is 146 g/mol. The zero-order valence-corrected chi connectivity index (χ0v) is 7.22. The molecule has 0 aromatic carbocycles. The first-order valence-electron chi connectivity index (χ1n) is 3.71. The summed E-state index contributed by atoms with van der Waals surface area (Å²) < 4.78 is 10.0. The number of amides is 1. The zero-order chi connectivity index (χ0) is 8.69. The van der Waals surface area contributed by atoms with Gasteiger partial charge in [0.15, 0.2) is 0 Å². The van der Waals surface area contributed by atoms with Gasteiger partial charge < -0.3 is 14.8 Å². The van der Waals surface area contributed by atoms with Gasteiger partial charge in [0.2, 0.25) is 6.29 Å². The van der Waals surface area contributed by atoms with Crippen molar-refractivity contribution < 1.29 is 14.3 Å². The highest BCUT2D eigenvalue weighted by Gasteiger charge is 2.15. The smallest absolute Gasteiger partial charge is 0.276 e. The van der Waals surface area contributed by atoms with Crippen molar-refractivity contribution >= 4 is 5.91 Å². The first-order chi connectivity index (χ1) is 5.26. The Kier molecular flexibility index (Phi) is 5.78. The summed E-state index contributed by atoms with van der Waals surface area (Å²) in [5.74, 6) is -0.242. The molecular formula is C7H15NO3. The molecule has 0 aliphatic heterocycles. The Morgan fingerprint density at radius 1 is 1.36 bits per heavy atom. The molecule has 0 saturated carbocycles. The van der Waals surface area contributed by atoms with Crippen molar-refractivity contribution in [3.8, 4) is 0 Å². The summed E-state index contributed by atoms with van der Waals surface area (Å²) in [5, 5.41) is 2.45. The van der Waals surface area contributed by atoms with Gasteiger partial charge in [-0.15, -0.1) is 0 Å². The number of nitrogens with one attached hydrogen (secondary N) is 1. The Morgan fingerprint density at radius 3 is 2.09 bits per heavy atom. The van der Waals surface area contributed by atoms with E-state index in [1.165, 1.54) is 0 Å². The number of carbonyl (C=O) groups is 1. The van der Waals surface area contributed by atoms with E-state index in [-0.39, 0.29) is 5.91 Å². The van der Waals surface area contributed by atoms with E-state index in [0.29, 0.717) is 13.2 Å². The van der Waals surface area contributed by atoms with Gasteiger partial charge >= 0.3 is 0 Å². The second kappa shape index (κ2) is 6.12. The molecule has 0 unspecified atom stereocenters. The van der Waals surface area contributed by atoms with Gasteiger partial charge in [0.05, 0.1) is 0 Å². The lowest BCUT2D eigenvalue weighted by molar-refractivity contribution is -0.169. The van der Waals surface area contributed by atoms with Crippen LogP contribution in [0.15, 0.2) is 0 Å². The summed E-state index contributed by atoms with van der Waals surface area (Å²) in [7, 11) is 1.55. The van der Waals surface area contributed by atoms with E-state index in [4.69, 9.17) is 9.47 Å². The van der Waals surface area contributed by atoms with Gasteiger partial charge in [0.25, 0.3) is 5.91 Å².